The van der Waals surface area contributed by atoms with Crippen LogP contribution in [0.3, 0.4) is 0 Å². The second-order valence-electron chi connectivity index (χ2n) is 5.46. The molecule has 1 aromatic heterocycles. The van der Waals surface area contributed by atoms with Crippen LogP contribution >= 0.6 is 0 Å². The van der Waals surface area contributed by atoms with E-state index in [2.05, 4.69) is 4.90 Å². The Morgan fingerprint density at radius 1 is 1.45 bits per heavy atom. The van der Waals surface area contributed by atoms with Crippen molar-refractivity contribution in [1.29, 1.82) is 0 Å². The van der Waals surface area contributed by atoms with E-state index < -0.39 is 5.97 Å². The SMILES string of the molecule is CC(c1ccc(C(=O)O)o1)N1CCN2C(=O)CCC2C1. The van der Waals surface area contributed by atoms with Crippen molar-refractivity contribution in [2.45, 2.75) is 31.8 Å². The molecular formula is C14H18N2O4. The zero-order valence-electron chi connectivity index (χ0n) is 11.4. The molecule has 2 saturated heterocycles. The zero-order valence-corrected chi connectivity index (χ0v) is 11.4. The Hall–Kier alpha value is -1.82. The van der Waals surface area contributed by atoms with E-state index in [1.165, 1.54) is 6.07 Å². The molecule has 3 heterocycles. The van der Waals surface area contributed by atoms with Crippen molar-refractivity contribution < 1.29 is 19.1 Å². The van der Waals surface area contributed by atoms with Crippen LogP contribution in [0.25, 0.3) is 0 Å². The highest BCUT2D eigenvalue weighted by Gasteiger charge is 2.37. The molecule has 6 nitrogen and oxygen atoms in total. The number of carboxylic acid groups (broad SMARTS) is 1. The maximum Gasteiger partial charge on any atom is 0.371 e. The summed E-state index contributed by atoms with van der Waals surface area (Å²) in [5, 5.41) is 8.89. The monoisotopic (exact) mass is 278 g/mol. The Bertz CT molecular complexity index is 539. The summed E-state index contributed by atoms with van der Waals surface area (Å²) >= 11 is 0. The summed E-state index contributed by atoms with van der Waals surface area (Å²) in [6.45, 7) is 4.39. The maximum atomic E-state index is 11.7. The lowest BCUT2D eigenvalue weighted by atomic mass is 10.1. The third-order valence-corrected chi connectivity index (χ3v) is 4.32. The summed E-state index contributed by atoms with van der Waals surface area (Å²) in [5.74, 6) is -0.148. The molecule has 0 bridgehead atoms. The molecule has 108 valence electrons. The normalized spacial score (nSPS) is 24.8. The summed E-state index contributed by atoms with van der Waals surface area (Å²) in [6.07, 6.45) is 1.57. The fourth-order valence-electron chi connectivity index (χ4n) is 3.11. The summed E-state index contributed by atoms with van der Waals surface area (Å²) in [7, 11) is 0. The molecule has 1 amide bonds. The second-order valence-corrected chi connectivity index (χ2v) is 5.46. The summed E-state index contributed by atoms with van der Waals surface area (Å²) in [4.78, 5) is 26.7. The molecule has 20 heavy (non-hydrogen) atoms. The van der Waals surface area contributed by atoms with Crippen LogP contribution < -0.4 is 0 Å². The molecule has 1 aromatic rings. The Balaban J connectivity index is 1.70. The van der Waals surface area contributed by atoms with Crippen LogP contribution in [0.5, 0.6) is 0 Å². The van der Waals surface area contributed by atoms with Crippen molar-refractivity contribution in [3.05, 3.63) is 23.7 Å². The number of carbonyl (C=O) groups excluding carboxylic acids is 1. The van der Waals surface area contributed by atoms with E-state index in [1.54, 1.807) is 6.07 Å². The van der Waals surface area contributed by atoms with Crippen LogP contribution in [0.15, 0.2) is 16.5 Å². The lowest BCUT2D eigenvalue weighted by Crippen LogP contribution is -2.51. The molecular weight excluding hydrogens is 260 g/mol. The molecule has 2 aliphatic heterocycles. The molecule has 0 aliphatic carbocycles. The van der Waals surface area contributed by atoms with Crippen molar-refractivity contribution in [1.82, 2.24) is 9.80 Å². The number of piperazine rings is 1. The smallest absolute Gasteiger partial charge is 0.371 e. The number of rotatable bonds is 3. The van der Waals surface area contributed by atoms with Crippen LogP contribution in [0, 0.1) is 0 Å². The molecule has 2 fully saturated rings. The number of amides is 1. The second kappa shape index (κ2) is 4.94. The first-order valence-electron chi connectivity index (χ1n) is 6.93. The minimum Gasteiger partial charge on any atom is -0.475 e. The van der Waals surface area contributed by atoms with Gasteiger partial charge in [-0.2, -0.15) is 0 Å². The van der Waals surface area contributed by atoms with Gasteiger partial charge in [0.05, 0.1) is 6.04 Å². The molecule has 0 saturated carbocycles. The highest BCUT2D eigenvalue weighted by Crippen LogP contribution is 2.29. The first-order chi connectivity index (χ1) is 9.56. The van der Waals surface area contributed by atoms with E-state index in [0.717, 1.165) is 26.1 Å². The van der Waals surface area contributed by atoms with Gasteiger partial charge in [-0.3, -0.25) is 9.69 Å². The van der Waals surface area contributed by atoms with E-state index in [9.17, 15) is 9.59 Å². The lowest BCUT2D eigenvalue weighted by Gasteiger charge is -2.39. The Kier molecular flexibility index (Phi) is 3.25. The van der Waals surface area contributed by atoms with Crippen molar-refractivity contribution in [3.63, 3.8) is 0 Å². The van der Waals surface area contributed by atoms with Gasteiger partial charge in [-0.15, -0.1) is 0 Å². The van der Waals surface area contributed by atoms with Gasteiger partial charge in [-0.25, -0.2) is 4.79 Å². The average Bonchev–Trinajstić information content (AvgIpc) is 3.05. The van der Waals surface area contributed by atoms with Gasteiger partial charge < -0.3 is 14.4 Å². The molecule has 0 radical (unpaired) electrons. The topological polar surface area (TPSA) is 74.0 Å². The fourth-order valence-corrected chi connectivity index (χ4v) is 3.11. The third-order valence-electron chi connectivity index (χ3n) is 4.32. The molecule has 0 aromatic carbocycles. The highest BCUT2D eigenvalue weighted by atomic mass is 16.4. The summed E-state index contributed by atoms with van der Waals surface area (Å²) < 4.78 is 5.37. The van der Waals surface area contributed by atoms with Crippen LogP contribution in [0.1, 0.15) is 42.1 Å². The Labute approximate surface area is 117 Å². The van der Waals surface area contributed by atoms with Crippen LogP contribution in [-0.2, 0) is 4.79 Å². The van der Waals surface area contributed by atoms with Gasteiger partial charge in [-0.1, -0.05) is 0 Å². The molecule has 6 heteroatoms. The minimum absolute atomic E-state index is 0.0264. The highest BCUT2D eigenvalue weighted by molar-refractivity contribution is 5.84. The lowest BCUT2D eigenvalue weighted by molar-refractivity contribution is -0.131. The number of nitrogens with zero attached hydrogens (tertiary/aromatic N) is 2. The number of carboxylic acids is 1. The molecule has 2 atom stereocenters. The number of carbonyl (C=O) groups is 2. The maximum absolute atomic E-state index is 11.7. The number of hydrogen-bond donors (Lipinski definition) is 1. The van der Waals surface area contributed by atoms with Gasteiger partial charge in [0.15, 0.2) is 0 Å². The van der Waals surface area contributed by atoms with Gasteiger partial charge in [0, 0.05) is 32.1 Å². The van der Waals surface area contributed by atoms with Crippen molar-refractivity contribution in [2.75, 3.05) is 19.6 Å². The van der Waals surface area contributed by atoms with Crippen LogP contribution in [0.4, 0.5) is 0 Å². The van der Waals surface area contributed by atoms with Crippen LogP contribution in [-0.4, -0.2) is 52.5 Å². The van der Waals surface area contributed by atoms with E-state index in [-0.39, 0.29) is 17.7 Å². The quantitative estimate of drug-likeness (QED) is 0.903. The molecule has 2 unspecified atom stereocenters. The van der Waals surface area contributed by atoms with Gasteiger partial charge in [-0.05, 0) is 25.5 Å². The first kappa shape index (κ1) is 13.2. The van der Waals surface area contributed by atoms with E-state index in [4.69, 9.17) is 9.52 Å². The van der Waals surface area contributed by atoms with E-state index in [1.807, 2.05) is 11.8 Å². The van der Waals surface area contributed by atoms with Gasteiger partial charge >= 0.3 is 5.97 Å². The van der Waals surface area contributed by atoms with Gasteiger partial charge in [0.2, 0.25) is 11.7 Å². The number of furan rings is 1. The van der Waals surface area contributed by atoms with Gasteiger partial charge in [0.25, 0.3) is 0 Å². The predicted molar refractivity (Wildman–Crippen MR) is 70.4 cm³/mol. The Morgan fingerprint density at radius 2 is 2.25 bits per heavy atom. The van der Waals surface area contributed by atoms with Crippen LogP contribution in [0.2, 0.25) is 0 Å². The largest absolute Gasteiger partial charge is 0.475 e. The number of hydrogen-bond acceptors (Lipinski definition) is 4. The fraction of sp³-hybridized carbons (Fsp3) is 0.571. The average molecular weight is 278 g/mol. The van der Waals surface area contributed by atoms with E-state index >= 15 is 0 Å². The number of aromatic carboxylic acids is 1. The molecule has 2 aliphatic rings. The predicted octanol–water partition coefficient (Wildman–Crippen LogP) is 1.35. The minimum atomic E-state index is -1.05. The third kappa shape index (κ3) is 2.20. The zero-order chi connectivity index (χ0) is 14.3. The van der Waals surface area contributed by atoms with Crippen molar-refractivity contribution in [3.8, 4) is 0 Å². The summed E-state index contributed by atoms with van der Waals surface area (Å²) in [6, 6.07) is 3.54. The molecule has 3 rings (SSSR count). The standard InChI is InChI=1S/C14H18N2O4/c1-9(11-3-4-12(20-11)14(18)19)15-6-7-16-10(8-15)2-5-13(16)17/h3-4,9-10H,2,5-8H2,1H3,(H,18,19). The number of fused-ring (bicyclic) bond motifs is 1. The van der Waals surface area contributed by atoms with Gasteiger partial charge in [0.1, 0.15) is 5.76 Å². The van der Waals surface area contributed by atoms with Crippen molar-refractivity contribution in [2.24, 2.45) is 0 Å². The molecule has 1 N–H and O–H groups in total. The Morgan fingerprint density at radius 3 is 2.95 bits per heavy atom. The van der Waals surface area contributed by atoms with Crippen molar-refractivity contribution >= 4 is 11.9 Å². The first-order valence-corrected chi connectivity index (χ1v) is 6.93. The van der Waals surface area contributed by atoms with E-state index in [0.29, 0.717) is 18.2 Å². The molecule has 0 spiro atoms. The summed E-state index contributed by atoms with van der Waals surface area (Å²) in [5.41, 5.74) is 0.